The monoisotopic (exact) mass is 670 g/mol. The van der Waals surface area contributed by atoms with Crippen molar-refractivity contribution in [1.82, 2.24) is 4.72 Å². The van der Waals surface area contributed by atoms with E-state index in [1.54, 1.807) is 0 Å². The number of benzene rings is 4. The van der Waals surface area contributed by atoms with Crippen LogP contribution in [0.5, 0.6) is 0 Å². The molecule has 10 nitrogen and oxygen atoms in total. The van der Waals surface area contributed by atoms with Crippen LogP contribution in [0.2, 0.25) is 0 Å². The van der Waals surface area contributed by atoms with Crippen molar-refractivity contribution in [3.05, 3.63) is 130 Å². The number of alkyl halides is 3. The number of sulfonamides is 1. The van der Waals surface area contributed by atoms with Crippen LogP contribution < -0.4 is 15.4 Å². The van der Waals surface area contributed by atoms with E-state index in [1.807, 2.05) is 35.1 Å². The fourth-order valence-electron chi connectivity index (χ4n) is 4.05. The van der Waals surface area contributed by atoms with Gasteiger partial charge < -0.3 is 10.6 Å². The number of hydrogen-bond acceptors (Lipinski definition) is 8. The zero-order valence-electron chi connectivity index (χ0n) is 23.7. The van der Waals surface area contributed by atoms with E-state index in [0.717, 1.165) is 35.2 Å². The lowest BCUT2D eigenvalue weighted by Crippen LogP contribution is -2.30. The van der Waals surface area contributed by atoms with Gasteiger partial charge in [0.25, 0.3) is 21.6 Å². The predicted molar refractivity (Wildman–Crippen MR) is 169 cm³/mol. The maximum Gasteiger partial charge on any atom is 0.416 e. The van der Waals surface area contributed by atoms with E-state index >= 15 is 0 Å². The van der Waals surface area contributed by atoms with Crippen molar-refractivity contribution in [1.29, 1.82) is 0 Å². The maximum absolute atomic E-state index is 13.2. The van der Waals surface area contributed by atoms with Crippen molar-refractivity contribution in [3.63, 3.8) is 0 Å². The second-order valence-electron chi connectivity index (χ2n) is 9.44. The zero-order valence-corrected chi connectivity index (χ0v) is 25.3. The van der Waals surface area contributed by atoms with Gasteiger partial charge in [0.05, 0.1) is 15.4 Å². The summed E-state index contributed by atoms with van der Waals surface area (Å²) in [7, 11) is -4.51. The molecule has 4 aromatic carbocycles. The summed E-state index contributed by atoms with van der Waals surface area (Å²) in [6.07, 6.45) is -2.66. The van der Waals surface area contributed by atoms with E-state index < -0.39 is 49.1 Å². The minimum Gasteiger partial charge on any atom is -0.379 e. The molecule has 0 aliphatic rings. The summed E-state index contributed by atoms with van der Waals surface area (Å²) in [4.78, 5) is 36.4. The first kappa shape index (κ1) is 33.7. The minimum absolute atomic E-state index is 0.111. The van der Waals surface area contributed by atoms with E-state index in [1.165, 1.54) is 60.3 Å². The summed E-state index contributed by atoms with van der Waals surface area (Å²) in [6, 6.07) is 22.5. The van der Waals surface area contributed by atoms with Crippen molar-refractivity contribution in [2.45, 2.75) is 16.0 Å². The summed E-state index contributed by atoms with van der Waals surface area (Å²) >= 11 is 1.54. The highest BCUT2D eigenvalue weighted by Gasteiger charge is 2.32. The first-order chi connectivity index (χ1) is 21.8. The number of thioether (sulfide) groups is 1. The Morgan fingerprint density at radius 1 is 0.913 bits per heavy atom. The molecule has 0 radical (unpaired) electrons. The molecule has 0 bridgehead atoms. The van der Waals surface area contributed by atoms with E-state index in [-0.39, 0.29) is 22.5 Å². The minimum atomic E-state index is -4.60. The number of halogens is 3. The number of nitrogens with one attached hydrogen (secondary N) is 3. The number of anilines is 2. The van der Waals surface area contributed by atoms with Crippen molar-refractivity contribution >= 4 is 56.7 Å². The van der Waals surface area contributed by atoms with Crippen molar-refractivity contribution in [2.24, 2.45) is 0 Å². The summed E-state index contributed by atoms with van der Waals surface area (Å²) in [5.41, 5.74) is -1.41. The van der Waals surface area contributed by atoms with Gasteiger partial charge in [-0.2, -0.15) is 13.2 Å². The Hall–Kier alpha value is -5.15. The number of nitrogens with zero attached hydrogens (tertiary/aromatic N) is 1. The fraction of sp³-hybridized carbons (Fsp3) is 0.0968. The third-order valence-corrected chi connectivity index (χ3v) is 8.57. The summed E-state index contributed by atoms with van der Waals surface area (Å²) in [5.74, 6) is -1.19. The van der Waals surface area contributed by atoms with Gasteiger partial charge in [0.2, 0.25) is 5.91 Å². The van der Waals surface area contributed by atoms with E-state index in [9.17, 15) is 41.3 Å². The van der Waals surface area contributed by atoms with E-state index in [0.29, 0.717) is 12.3 Å². The van der Waals surface area contributed by atoms with Crippen LogP contribution in [0, 0.1) is 10.1 Å². The number of carbonyl (C=O) groups excluding carboxylic acids is 2. The lowest BCUT2D eigenvalue weighted by atomic mass is 10.1. The van der Waals surface area contributed by atoms with Gasteiger partial charge >= 0.3 is 6.18 Å². The van der Waals surface area contributed by atoms with Crippen LogP contribution in [-0.4, -0.2) is 37.5 Å². The highest BCUT2D eigenvalue weighted by Crippen LogP contribution is 2.32. The number of amides is 2. The number of rotatable bonds is 12. The molecule has 238 valence electrons. The second kappa shape index (κ2) is 14.8. The number of hydrogen-bond donors (Lipinski definition) is 3. The lowest BCUT2D eigenvalue weighted by molar-refractivity contribution is -0.384. The normalized spacial score (nSPS) is 11.6. The van der Waals surface area contributed by atoms with Crippen LogP contribution in [0.25, 0.3) is 6.08 Å². The Morgan fingerprint density at radius 3 is 2.26 bits per heavy atom. The molecular formula is C31H25F3N4O6S2. The highest BCUT2D eigenvalue weighted by molar-refractivity contribution is 7.99. The highest BCUT2D eigenvalue weighted by atomic mass is 32.2. The number of carbonyl (C=O) groups is 2. The average Bonchev–Trinajstić information content (AvgIpc) is 3.02. The average molecular weight is 671 g/mol. The van der Waals surface area contributed by atoms with Gasteiger partial charge in [-0.1, -0.05) is 36.4 Å². The van der Waals surface area contributed by atoms with Crippen LogP contribution in [-0.2, 0) is 21.0 Å². The molecular weight excluding hydrogens is 645 g/mol. The number of nitro benzene ring substituents is 1. The Bertz CT molecular complexity index is 1870. The fourth-order valence-corrected chi connectivity index (χ4v) is 5.83. The first-order valence-electron chi connectivity index (χ1n) is 13.4. The van der Waals surface area contributed by atoms with Crippen molar-refractivity contribution in [3.8, 4) is 0 Å². The Morgan fingerprint density at radius 2 is 1.59 bits per heavy atom. The quantitative estimate of drug-likeness (QED) is 0.0503. The van der Waals surface area contributed by atoms with Gasteiger partial charge in [0, 0.05) is 40.6 Å². The summed E-state index contributed by atoms with van der Waals surface area (Å²) in [6.45, 7) is 0.363. The van der Waals surface area contributed by atoms with Gasteiger partial charge in [0.1, 0.15) is 5.69 Å². The van der Waals surface area contributed by atoms with Gasteiger partial charge in [-0.05, 0) is 66.2 Å². The van der Waals surface area contributed by atoms with Crippen molar-refractivity contribution in [2.75, 3.05) is 22.9 Å². The topological polar surface area (TPSA) is 148 Å². The van der Waals surface area contributed by atoms with Crippen LogP contribution in [0.15, 0.2) is 113 Å². The van der Waals surface area contributed by atoms with E-state index in [2.05, 4.69) is 10.6 Å². The standard InChI is InChI=1S/C31H25F3N4O6S2/c32-31(33,34)26-9-5-4-6-21(26)12-17-29(39)36-23-13-10-22(11-14-23)30(40)37-46(43,44)25-15-16-27(28(20-25)38(41)42)35-18-19-45-24-7-2-1-3-8-24/h1-17,20,35H,18-19H2,(H,36,39)(H,37,40). The molecule has 0 aliphatic heterocycles. The van der Waals surface area contributed by atoms with Gasteiger partial charge in [-0.25, -0.2) is 13.1 Å². The molecule has 0 atom stereocenters. The molecule has 0 aliphatic carbocycles. The Labute approximate surface area is 265 Å². The van der Waals surface area contributed by atoms with E-state index in [4.69, 9.17) is 0 Å². The second-order valence-corrected chi connectivity index (χ2v) is 12.3. The molecule has 4 aromatic rings. The molecule has 3 N–H and O–H groups in total. The largest absolute Gasteiger partial charge is 0.416 e. The SMILES string of the molecule is O=C(C=Cc1ccccc1C(F)(F)F)Nc1ccc(C(=O)NS(=O)(=O)c2ccc(NCCSc3ccccc3)c([N+](=O)[O-])c2)cc1. The third kappa shape index (κ3) is 9.18. The Kier molecular flexibility index (Phi) is 10.8. The molecule has 0 fully saturated rings. The molecule has 2 amide bonds. The molecule has 0 heterocycles. The molecule has 0 saturated carbocycles. The zero-order chi connectivity index (χ0) is 33.3. The third-order valence-electron chi connectivity index (χ3n) is 6.23. The van der Waals surface area contributed by atoms with Crippen LogP contribution >= 0.6 is 11.8 Å². The van der Waals surface area contributed by atoms with Crippen LogP contribution in [0.3, 0.4) is 0 Å². The Balaban J connectivity index is 1.36. The summed E-state index contributed by atoms with van der Waals surface area (Å²) in [5, 5.41) is 17.0. The van der Waals surface area contributed by atoms with Crippen LogP contribution in [0.1, 0.15) is 21.5 Å². The molecule has 0 spiro atoms. The molecule has 15 heteroatoms. The van der Waals surface area contributed by atoms with Crippen LogP contribution in [0.4, 0.5) is 30.2 Å². The van der Waals surface area contributed by atoms with Gasteiger partial charge in [-0.15, -0.1) is 11.8 Å². The molecule has 4 rings (SSSR count). The predicted octanol–water partition coefficient (Wildman–Crippen LogP) is 6.59. The smallest absolute Gasteiger partial charge is 0.379 e. The van der Waals surface area contributed by atoms with Gasteiger partial charge in [-0.3, -0.25) is 19.7 Å². The van der Waals surface area contributed by atoms with Crippen molar-refractivity contribution < 1.29 is 36.1 Å². The summed E-state index contributed by atoms with van der Waals surface area (Å²) < 4.78 is 67.1. The molecule has 0 unspecified atom stereocenters. The first-order valence-corrected chi connectivity index (χ1v) is 15.8. The molecule has 46 heavy (non-hydrogen) atoms. The van der Waals surface area contributed by atoms with Gasteiger partial charge in [0.15, 0.2) is 0 Å². The lowest BCUT2D eigenvalue weighted by Gasteiger charge is -2.11. The maximum atomic E-state index is 13.2. The molecule has 0 saturated heterocycles. The molecule has 0 aromatic heterocycles. The number of nitro groups is 1.